The van der Waals surface area contributed by atoms with Crippen LogP contribution in [0.15, 0.2) is 51.9 Å². The molecular weight excluding hydrogens is 272 g/mol. The van der Waals surface area contributed by atoms with Gasteiger partial charge in [0.25, 0.3) is 0 Å². The van der Waals surface area contributed by atoms with E-state index in [2.05, 4.69) is 15.1 Å². The Morgan fingerprint density at radius 1 is 1.33 bits per heavy atom. The number of pyridine rings is 2. The van der Waals surface area contributed by atoms with Crippen LogP contribution in [-0.4, -0.2) is 21.0 Å². The lowest BCUT2D eigenvalue weighted by Gasteiger charge is -2.03. The van der Waals surface area contributed by atoms with Crippen LogP contribution in [0.2, 0.25) is 5.02 Å². The van der Waals surface area contributed by atoms with Gasteiger partial charge < -0.3 is 10.9 Å². The van der Waals surface area contributed by atoms with Crippen LogP contribution in [0.5, 0.6) is 0 Å². The highest BCUT2D eigenvalue weighted by atomic mass is 35.5. The van der Waals surface area contributed by atoms with Crippen molar-refractivity contribution in [3.8, 4) is 0 Å². The molecule has 2 aromatic heterocycles. The summed E-state index contributed by atoms with van der Waals surface area (Å²) in [5.41, 5.74) is 5.99. The molecule has 2 aromatic rings. The highest BCUT2D eigenvalue weighted by molar-refractivity contribution is 7.99. The molecule has 0 saturated heterocycles. The van der Waals surface area contributed by atoms with Gasteiger partial charge in [-0.15, -0.1) is 0 Å². The minimum atomic E-state index is 0.0231. The number of hydrogen-bond donors (Lipinski definition) is 2. The maximum Gasteiger partial charge on any atom is 0.171 e. The van der Waals surface area contributed by atoms with E-state index in [4.69, 9.17) is 22.5 Å². The fourth-order valence-corrected chi connectivity index (χ4v) is 2.15. The normalized spacial score (nSPS) is 11.5. The quantitative estimate of drug-likeness (QED) is 0.390. The van der Waals surface area contributed by atoms with Crippen LogP contribution in [0.25, 0.3) is 0 Å². The van der Waals surface area contributed by atoms with Crippen molar-refractivity contribution in [1.82, 2.24) is 9.97 Å². The highest BCUT2D eigenvalue weighted by Gasteiger charge is 2.05. The second-order valence-electron chi connectivity index (χ2n) is 3.26. The topological polar surface area (TPSA) is 84.4 Å². The Hall–Kier alpha value is -1.79. The molecule has 0 amide bonds. The molecule has 0 saturated carbocycles. The second kappa shape index (κ2) is 5.70. The summed E-state index contributed by atoms with van der Waals surface area (Å²) in [5.74, 6) is 0.0231. The van der Waals surface area contributed by atoms with Crippen molar-refractivity contribution in [2.45, 2.75) is 10.1 Å². The van der Waals surface area contributed by atoms with Crippen LogP contribution >= 0.6 is 23.4 Å². The lowest BCUT2D eigenvalue weighted by Crippen LogP contribution is -2.13. The first kappa shape index (κ1) is 12.7. The van der Waals surface area contributed by atoms with Crippen LogP contribution in [-0.2, 0) is 0 Å². The molecule has 0 spiro atoms. The van der Waals surface area contributed by atoms with E-state index in [9.17, 15) is 0 Å². The fourth-order valence-electron chi connectivity index (χ4n) is 1.20. The minimum absolute atomic E-state index is 0.0231. The Labute approximate surface area is 113 Å². The number of halogens is 1. The largest absolute Gasteiger partial charge is 0.409 e. The van der Waals surface area contributed by atoms with Gasteiger partial charge in [-0.25, -0.2) is 9.97 Å². The van der Waals surface area contributed by atoms with E-state index >= 15 is 0 Å². The summed E-state index contributed by atoms with van der Waals surface area (Å²) in [6.07, 6.45) is 3.19. The summed E-state index contributed by atoms with van der Waals surface area (Å²) in [4.78, 5) is 8.33. The van der Waals surface area contributed by atoms with Crippen LogP contribution in [0.1, 0.15) is 5.56 Å². The molecule has 0 aliphatic heterocycles. The highest BCUT2D eigenvalue weighted by Crippen LogP contribution is 2.29. The molecule has 5 nitrogen and oxygen atoms in total. The molecule has 2 heterocycles. The number of hydrogen-bond acceptors (Lipinski definition) is 5. The average molecular weight is 281 g/mol. The zero-order valence-corrected chi connectivity index (χ0v) is 10.7. The monoisotopic (exact) mass is 280 g/mol. The molecule has 0 bridgehead atoms. The zero-order valence-electron chi connectivity index (χ0n) is 9.12. The third-order valence-corrected chi connectivity index (χ3v) is 3.45. The lowest BCUT2D eigenvalue weighted by atomic mass is 10.3. The van der Waals surface area contributed by atoms with Crippen molar-refractivity contribution in [1.29, 1.82) is 0 Å². The molecule has 92 valence electrons. The molecule has 2 rings (SSSR count). The number of nitrogens with two attached hydrogens (primary N) is 1. The van der Waals surface area contributed by atoms with Gasteiger partial charge in [-0.1, -0.05) is 16.8 Å². The van der Waals surface area contributed by atoms with Gasteiger partial charge in [0.15, 0.2) is 5.84 Å². The predicted molar refractivity (Wildman–Crippen MR) is 70.1 cm³/mol. The third-order valence-electron chi connectivity index (χ3n) is 2.07. The second-order valence-corrected chi connectivity index (χ2v) is 4.68. The zero-order chi connectivity index (χ0) is 13.0. The van der Waals surface area contributed by atoms with Crippen molar-refractivity contribution in [3.05, 3.63) is 47.2 Å². The summed E-state index contributed by atoms with van der Waals surface area (Å²) in [6, 6.07) is 6.99. The summed E-state index contributed by atoms with van der Waals surface area (Å²) < 4.78 is 0. The Kier molecular flexibility index (Phi) is 4.01. The van der Waals surface area contributed by atoms with Crippen molar-refractivity contribution in [2.75, 3.05) is 0 Å². The van der Waals surface area contributed by atoms with Gasteiger partial charge in [0.2, 0.25) is 0 Å². The third kappa shape index (κ3) is 2.91. The summed E-state index contributed by atoms with van der Waals surface area (Å²) in [6.45, 7) is 0. The van der Waals surface area contributed by atoms with Crippen LogP contribution in [0.3, 0.4) is 0 Å². The van der Waals surface area contributed by atoms with E-state index in [1.54, 1.807) is 30.5 Å². The molecule has 0 aliphatic carbocycles. The molecule has 7 heteroatoms. The first-order chi connectivity index (χ1) is 8.70. The molecule has 0 atom stereocenters. The molecule has 3 N–H and O–H groups in total. The van der Waals surface area contributed by atoms with Gasteiger partial charge in [-0.05, 0) is 36.0 Å². The van der Waals surface area contributed by atoms with E-state index in [0.717, 1.165) is 5.03 Å². The summed E-state index contributed by atoms with van der Waals surface area (Å²) >= 11 is 7.34. The van der Waals surface area contributed by atoms with Crippen LogP contribution in [0, 0.1) is 0 Å². The van der Waals surface area contributed by atoms with E-state index in [1.807, 2.05) is 0 Å². The molecular formula is C11H9ClN4OS. The van der Waals surface area contributed by atoms with Crippen LogP contribution in [0.4, 0.5) is 0 Å². The molecule has 0 unspecified atom stereocenters. The van der Waals surface area contributed by atoms with Crippen LogP contribution < -0.4 is 5.73 Å². The van der Waals surface area contributed by atoms with Crippen molar-refractivity contribution in [3.63, 3.8) is 0 Å². The number of nitrogens with zero attached hydrogens (tertiary/aromatic N) is 3. The maximum absolute atomic E-state index is 8.53. The summed E-state index contributed by atoms with van der Waals surface area (Å²) in [5, 5.41) is 13.4. The standard InChI is InChI=1S/C11H9ClN4OS/c12-8-2-1-5-14-11(8)18-9-4-3-7(6-15-9)10(13)16-17/h1-6,17H,(H2,13,16). The Balaban J connectivity index is 2.19. The Morgan fingerprint density at radius 3 is 2.78 bits per heavy atom. The van der Waals surface area contributed by atoms with Gasteiger partial charge in [-0.2, -0.15) is 0 Å². The average Bonchev–Trinajstić information content (AvgIpc) is 2.41. The number of rotatable bonds is 3. The lowest BCUT2D eigenvalue weighted by molar-refractivity contribution is 0.318. The van der Waals surface area contributed by atoms with Gasteiger partial charge >= 0.3 is 0 Å². The molecule has 0 aliphatic rings. The number of amidine groups is 1. The first-order valence-electron chi connectivity index (χ1n) is 4.93. The summed E-state index contributed by atoms with van der Waals surface area (Å²) in [7, 11) is 0. The SMILES string of the molecule is NC(=NO)c1ccc(Sc2ncccc2Cl)nc1. The van der Waals surface area contributed by atoms with E-state index < -0.39 is 0 Å². The smallest absolute Gasteiger partial charge is 0.171 e. The van der Waals surface area contributed by atoms with Gasteiger partial charge in [0.1, 0.15) is 10.1 Å². The van der Waals surface area contributed by atoms with Gasteiger partial charge in [0.05, 0.1) is 5.02 Å². The number of oxime groups is 1. The number of aromatic nitrogens is 2. The molecule has 0 fully saturated rings. The first-order valence-corrected chi connectivity index (χ1v) is 6.12. The molecule has 0 aromatic carbocycles. The van der Waals surface area contributed by atoms with Gasteiger partial charge in [-0.3, -0.25) is 0 Å². The Bertz CT molecular complexity index is 574. The molecule has 18 heavy (non-hydrogen) atoms. The molecule has 0 radical (unpaired) electrons. The minimum Gasteiger partial charge on any atom is -0.409 e. The Morgan fingerprint density at radius 2 is 2.17 bits per heavy atom. The predicted octanol–water partition coefficient (Wildman–Crippen LogP) is 2.38. The van der Waals surface area contributed by atoms with E-state index in [-0.39, 0.29) is 5.84 Å². The van der Waals surface area contributed by atoms with E-state index in [1.165, 1.54) is 18.0 Å². The maximum atomic E-state index is 8.53. The fraction of sp³-hybridized carbons (Fsp3) is 0. The van der Waals surface area contributed by atoms with Crippen molar-refractivity contribution in [2.24, 2.45) is 10.9 Å². The van der Waals surface area contributed by atoms with Crippen molar-refractivity contribution >= 4 is 29.2 Å². The van der Waals surface area contributed by atoms with Crippen molar-refractivity contribution < 1.29 is 5.21 Å². The van der Waals surface area contributed by atoms with Gasteiger partial charge in [0, 0.05) is 18.0 Å². The van der Waals surface area contributed by atoms with E-state index in [0.29, 0.717) is 15.6 Å².